The topological polar surface area (TPSA) is 62.3 Å². The third-order valence-electron chi connectivity index (χ3n) is 4.45. The van der Waals surface area contributed by atoms with Crippen molar-refractivity contribution in [1.29, 1.82) is 0 Å². The number of amides is 2. The molecule has 5 nitrogen and oxygen atoms in total. The summed E-state index contributed by atoms with van der Waals surface area (Å²) < 4.78 is 0. The molecule has 28 heavy (non-hydrogen) atoms. The molecule has 0 fully saturated rings. The molecule has 2 aromatic heterocycles. The van der Waals surface area contributed by atoms with Gasteiger partial charge in [0, 0.05) is 28.0 Å². The minimum absolute atomic E-state index is 0.172. The van der Waals surface area contributed by atoms with Gasteiger partial charge in [-0.25, -0.2) is 0 Å². The molecular formula is C21H16ClN3O2S. The molecule has 0 atom stereocenters. The van der Waals surface area contributed by atoms with Crippen molar-refractivity contribution in [2.45, 2.75) is 13.5 Å². The Balaban J connectivity index is 1.73. The maximum absolute atomic E-state index is 13.2. The minimum Gasteiger partial charge on any atom is -0.350 e. The lowest BCUT2D eigenvalue weighted by Gasteiger charge is -2.15. The largest absolute Gasteiger partial charge is 0.350 e. The molecule has 0 unspecified atom stereocenters. The van der Waals surface area contributed by atoms with Gasteiger partial charge in [-0.05, 0) is 53.8 Å². The normalized spacial score (nSPS) is 14.1. The van der Waals surface area contributed by atoms with E-state index in [9.17, 15) is 9.59 Å². The molecule has 0 spiro atoms. The van der Waals surface area contributed by atoms with Crippen molar-refractivity contribution < 1.29 is 9.59 Å². The highest BCUT2D eigenvalue weighted by molar-refractivity contribution is 7.11. The number of imide groups is 1. The van der Waals surface area contributed by atoms with Crippen LogP contribution in [0.1, 0.15) is 16.0 Å². The molecule has 1 aromatic carbocycles. The number of carbonyl (C=O) groups excluding carboxylic acids is 2. The zero-order chi connectivity index (χ0) is 19.7. The van der Waals surface area contributed by atoms with Crippen LogP contribution in [0.3, 0.4) is 0 Å². The molecular weight excluding hydrogens is 394 g/mol. The Labute approximate surface area is 171 Å². The number of thiophene rings is 1. The Bertz CT molecular complexity index is 1080. The fraction of sp³-hybridized carbons (Fsp3) is 0.0952. The van der Waals surface area contributed by atoms with E-state index in [1.807, 2.05) is 36.6 Å². The van der Waals surface area contributed by atoms with Crippen LogP contribution in [0.2, 0.25) is 5.02 Å². The van der Waals surface area contributed by atoms with Gasteiger partial charge in [0.25, 0.3) is 11.8 Å². The molecule has 0 bridgehead atoms. The summed E-state index contributed by atoms with van der Waals surface area (Å²) in [6.07, 6.45) is 3.31. The van der Waals surface area contributed by atoms with Crippen molar-refractivity contribution in [3.63, 3.8) is 0 Å². The van der Waals surface area contributed by atoms with E-state index < -0.39 is 0 Å². The SMILES string of the molecule is Cc1cc(Cl)ccc1NC1=C(c2cccs2)C(=O)N(Cc2cccnc2)C1=O. The van der Waals surface area contributed by atoms with E-state index in [4.69, 9.17) is 11.6 Å². The molecule has 1 aliphatic heterocycles. The fourth-order valence-corrected chi connectivity index (χ4v) is 4.06. The first-order valence-corrected chi connectivity index (χ1v) is 9.87. The molecule has 0 radical (unpaired) electrons. The van der Waals surface area contributed by atoms with Gasteiger partial charge in [0.15, 0.2) is 0 Å². The van der Waals surface area contributed by atoms with Crippen LogP contribution in [0, 0.1) is 6.92 Å². The highest BCUT2D eigenvalue weighted by Gasteiger charge is 2.39. The predicted octanol–water partition coefficient (Wildman–Crippen LogP) is 4.50. The zero-order valence-electron chi connectivity index (χ0n) is 15.0. The van der Waals surface area contributed by atoms with Gasteiger partial charge in [0.05, 0.1) is 12.1 Å². The zero-order valence-corrected chi connectivity index (χ0v) is 16.6. The Morgan fingerprint density at radius 2 is 2.00 bits per heavy atom. The Morgan fingerprint density at radius 3 is 2.68 bits per heavy atom. The van der Waals surface area contributed by atoms with Crippen LogP contribution in [0.15, 0.2) is 65.9 Å². The molecule has 140 valence electrons. The highest BCUT2D eigenvalue weighted by Crippen LogP contribution is 2.34. The second kappa shape index (κ2) is 7.58. The van der Waals surface area contributed by atoms with Crippen LogP contribution in [-0.2, 0) is 16.1 Å². The van der Waals surface area contributed by atoms with E-state index in [-0.39, 0.29) is 24.1 Å². The van der Waals surface area contributed by atoms with E-state index >= 15 is 0 Å². The quantitative estimate of drug-likeness (QED) is 0.630. The maximum Gasteiger partial charge on any atom is 0.278 e. The summed E-state index contributed by atoms with van der Waals surface area (Å²) in [5.74, 6) is -0.669. The predicted molar refractivity (Wildman–Crippen MR) is 111 cm³/mol. The summed E-state index contributed by atoms with van der Waals surface area (Å²) in [7, 11) is 0. The van der Waals surface area contributed by atoms with Gasteiger partial charge in [-0.1, -0.05) is 23.7 Å². The van der Waals surface area contributed by atoms with E-state index in [0.717, 1.165) is 21.7 Å². The van der Waals surface area contributed by atoms with Crippen molar-refractivity contribution in [1.82, 2.24) is 9.88 Å². The van der Waals surface area contributed by atoms with Gasteiger partial charge in [-0.3, -0.25) is 19.5 Å². The first-order chi connectivity index (χ1) is 13.5. The van der Waals surface area contributed by atoms with Crippen LogP contribution in [0.25, 0.3) is 5.57 Å². The maximum atomic E-state index is 13.2. The van der Waals surface area contributed by atoms with Gasteiger partial charge < -0.3 is 5.32 Å². The van der Waals surface area contributed by atoms with Crippen molar-refractivity contribution in [3.05, 3.63) is 87.0 Å². The molecule has 0 aliphatic carbocycles. The second-order valence-corrected chi connectivity index (χ2v) is 7.75. The number of halogens is 1. The number of nitrogens with one attached hydrogen (secondary N) is 1. The molecule has 1 N–H and O–H groups in total. The molecule has 3 aromatic rings. The van der Waals surface area contributed by atoms with Crippen LogP contribution in [0.4, 0.5) is 5.69 Å². The van der Waals surface area contributed by atoms with Crippen molar-refractivity contribution in [3.8, 4) is 0 Å². The Kier molecular flexibility index (Phi) is 4.98. The number of aryl methyl sites for hydroxylation is 1. The lowest BCUT2D eigenvalue weighted by molar-refractivity contribution is -0.137. The van der Waals surface area contributed by atoms with Crippen molar-refractivity contribution in [2.75, 3.05) is 5.32 Å². The average molecular weight is 410 g/mol. The second-order valence-electron chi connectivity index (χ2n) is 6.37. The molecule has 1 aliphatic rings. The summed E-state index contributed by atoms with van der Waals surface area (Å²) in [6, 6.07) is 12.7. The summed E-state index contributed by atoms with van der Waals surface area (Å²) in [6.45, 7) is 2.07. The molecule has 3 heterocycles. The van der Waals surface area contributed by atoms with Gasteiger partial charge in [0.2, 0.25) is 0 Å². The Hall–Kier alpha value is -2.96. The van der Waals surface area contributed by atoms with Crippen molar-refractivity contribution >= 4 is 46.0 Å². The van der Waals surface area contributed by atoms with Gasteiger partial charge >= 0.3 is 0 Å². The van der Waals surface area contributed by atoms with Crippen LogP contribution in [-0.4, -0.2) is 21.7 Å². The van der Waals surface area contributed by atoms with E-state index in [1.165, 1.54) is 16.2 Å². The third kappa shape index (κ3) is 3.44. The summed E-state index contributed by atoms with van der Waals surface area (Å²) in [5, 5.41) is 5.67. The van der Waals surface area contributed by atoms with Crippen LogP contribution < -0.4 is 5.32 Å². The van der Waals surface area contributed by atoms with Gasteiger partial charge in [-0.2, -0.15) is 0 Å². The van der Waals surface area contributed by atoms with Gasteiger partial charge in [0.1, 0.15) is 5.70 Å². The number of aromatic nitrogens is 1. The van der Waals surface area contributed by atoms with Gasteiger partial charge in [-0.15, -0.1) is 11.3 Å². The fourth-order valence-electron chi connectivity index (χ4n) is 3.06. The number of rotatable bonds is 5. The average Bonchev–Trinajstić information content (AvgIpc) is 3.28. The van der Waals surface area contributed by atoms with E-state index in [2.05, 4.69) is 10.3 Å². The minimum atomic E-state index is -0.355. The number of hydrogen-bond donors (Lipinski definition) is 1. The summed E-state index contributed by atoms with van der Waals surface area (Å²) >= 11 is 7.46. The molecule has 0 saturated heterocycles. The number of anilines is 1. The molecule has 2 amide bonds. The smallest absolute Gasteiger partial charge is 0.278 e. The number of benzene rings is 1. The molecule has 7 heteroatoms. The lowest BCUT2D eigenvalue weighted by Crippen LogP contribution is -2.32. The van der Waals surface area contributed by atoms with Crippen molar-refractivity contribution in [2.24, 2.45) is 0 Å². The number of carbonyl (C=O) groups is 2. The summed E-state index contributed by atoms with van der Waals surface area (Å²) in [4.78, 5) is 32.3. The van der Waals surface area contributed by atoms with E-state index in [1.54, 1.807) is 30.6 Å². The highest BCUT2D eigenvalue weighted by atomic mass is 35.5. The number of hydrogen-bond acceptors (Lipinski definition) is 5. The number of pyridine rings is 1. The van der Waals surface area contributed by atoms with Crippen LogP contribution >= 0.6 is 22.9 Å². The first-order valence-electron chi connectivity index (χ1n) is 8.61. The standard InChI is InChI=1S/C21H16ClN3O2S/c1-13-10-15(22)6-7-16(13)24-19-18(17-5-3-9-28-17)20(26)25(21(19)27)12-14-4-2-8-23-11-14/h2-11,24H,12H2,1H3. The molecule has 0 saturated carbocycles. The third-order valence-corrected chi connectivity index (χ3v) is 5.57. The van der Waals surface area contributed by atoms with Crippen LogP contribution in [0.5, 0.6) is 0 Å². The molecule has 4 rings (SSSR count). The van der Waals surface area contributed by atoms with E-state index in [0.29, 0.717) is 10.6 Å². The lowest BCUT2D eigenvalue weighted by atomic mass is 10.1. The monoisotopic (exact) mass is 409 g/mol. The first kappa shape index (κ1) is 18.4. The number of nitrogens with zero attached hydrogens (tertiary/aromatic N) is 2. The summed E-state index contributed by atoms with van der Waals surface area (Å²) in [5.41, 5.74) is 3.08. The Morgan fingerprint density at radius 1 is 1.14 bits per heavy atom.